The SMILES string of the molecule is CCCCCCCCC(CCCCCCCC)OC(=O)O. The number of carboxylic acid groups (broad SMARTS) is 1. The van der Waals surface area contributed by atoms with Crippen molar-refractivity contribution >= 4 is 6.16 Å². The lowest BCUT2D eigenvalue weighted by molar-refractivity contribution is 0.0422. The summed E-state index contributed by atoms with van der Waals surface area (Å²) in [5.74, 6) is 0. The Morgan fingerprint density at radius 2 is 1.14 bits per heavy atom. The van der Waals surface area contributed by atoms with Gasteiger partial charge in [0.15, 0.2) is 0 Å². The monoisotopic (exact) mass is 300 g/mol. The van der Waals surface area contributed by atoms with E-state index in [1.165, 1.54) is 64.2 Å². The number of hydrogen-bond acceptors (Lipinski definition) is 2. The van der Waals surface area contributed by atoms with Crippen LogP contribution in [0.4, 0.5) is 4.79 Å². The van der Waals surface area contributed by atoms with Crippen LogP contribution in [0, 0.1) is 0 Å². The average molecular weight is 300 g/mol. The van der Waals surface area contributed by atoms with Gasteiger partial charge in [-0.15, -0.1) is 0 Å². The molecule has 0 amide bonds. The van der Waals surface area contributed by atoms with Gasteiger partial charge in [0.25, 0.3) is 0 Å². The molecule has 21 heavy (non-hydrogen) atoms. The fraction of sp³-hybridized carbons (Fsp3) is 0.944. The summed E-state index contributed by atoms with van der Waals surface area (Å²) in [6.45, 7) is 4.44. The minimum absolute atomic E-state index is 0.0835. The molecule has 0 aliphatic rings. The highest BCUT2D eigenvalue weighted by Crippen LogP contribution is 2.16. The summed E-state index contributed by atoms with van der Waals surface area (Å²) >= 11 is 0. The van der Waals surface area contributed by atoms with Gasteiger partial charge in [0.05, 0.1) is 0 Å². The van der Waals surface area contributed by atoms with Gasteiger partial charge in [-0.1, -0.05) is 78.1 Å². The first kappa shape index (κ1) is 20.3. The molecule has 0 aromatic rings. The lowest BCUT2D eigenvalue weighted by Gasteiger charge is -2.15. The summed E-state index contributed by atoms with van der Waals surface area (Å²) in [6, 6.07) is 0. The Labute approximate surface area is 131 Å². The van der Waals surface area contributed by atoms with Crippen molar-refractivity contribution in [2.24, 2.45) is 0 Å². The van der Waals surface area contributed by atoms with E-state index in [4.69, 9.17) is 9.84 Å². The van der Waals surface area contributed by atoms with Crippen molar-refractivity contribution < 1.29 is 14.6 Å². The first-order valence-corrected chi connectivity index (χ1v) is 9.10. The molecule has 1 N–H and O–H groups in total. The molecule has 0 atom stereocenters. The molecule has 0 radical (unpaired) electrons. The zero-order chi connectivity index (χ0) is 15.8. The molecule has 3 nitrogen and oxygen atoms in total. The van der Waals surface area contributed by atoms with E-state index in [1.807, 2.05) is 0 Å². The largest absolute Gasteiger partial charge is 0.506 e. The second kappa shape index (κ2) is 15.7. The molecule has 0 aliphatic heterocycles. The topological polar surface area (TPSA) is 46.5 Å². The van der Waals surface area contributed by atoms with Crippen LogP contribution in [0.1, 0.15) is 104 Å². The molecular formula is C18H36O3. The standard InChI is InChI=1S/C18H36O3/c1-3-5-7-9-11-13-15-17(21-18(19)20)16-14-12-10-8-6-4-2/h17H,3-16H2,1-2H3,(H,19,20). The van der Waals surface area contributed by atoms with Crippen LogP contribution in [0.25, 0.3) is 0 Å². The van der Waals surface area contributed by atoms with Gasteiger partial charge in [0.2, 0.25) is 0 Å². The number of rotatable bonds is 15. The van der Waals surface area contributed by atoms with E-state index in [0.717, 1.165) is 25.7 Å². The summed E-state index contributed by atoms with van der Waals surface area (Å²) < 4.78 is 5.02. The highest BCUT2D eigenvalue weighted by atomic mass is 16.7. The fourth-order valence-electron chi connectivity index (χ4n) is 2.71. The molecule has 0 aromatic carbocycles. The third kappa shape index (κ3) is 15.5. The molecule has 0 spiro atoms. The molecule has 0 rings (SSSR count). The van der Waals surface area contributed by atoms with E-state index in [2.05, 4.69) is 13.8 Å². The Kier molecular flexibility index (Phi) is 15.1. The van der Waals surface area contributed by atoms with Crippen molar-refractivity contribution in [2.45, 2.75) is 110 Å². The number of ether oxygens (including phenoxy) is 1. The molecule has 0 saturated heterocycles. The van der Waals surface area contributed by atoms with Crippen LogP contribution in [0.5, 0.6) is 0 Å². The van der Waals surface area contributed by atoms with Crippen molar-refractivity contribution in [1.82, 2.24) is 0 Å². The highest BCUT2D eigenvalue weighted by molar-refractivity contribution is 5.57. The first-order valence-electron chi connectivity index (χ1n) is 9.10. The lowest BCUT2D eigenvalue weighted by atomic mass is 10.0. The Balaban J connectivity index is 3.64. The van der Waals surface area contributed by atoms with Crippen LogP contribution in [0.15, 0.2) is 0 Å². The van der Waals surface area contributed by atoms with Crippen molar-refractivity contribution in [3.05, 3.63) is 0 Å². The second-order valence-corrected chi connectivity index (χ2v) is 6.12. The van der Waals surface area contributed by atoms with Crippen molar-refractivity contribution in [1.29, 1.82) is 0 Å². The summed E-state index contributed by atoms with van der Waals surface area (Å²) in [4.78, 5) is 10.7. The summed E-state index contributed by atoms with van der Waals surface area (Å²) in [7, 11) is 0. The summed E-state index contributed by atoms with van der Waals surface area (Å²) in [6.07, 6.45) is 15.5. The summed E-state index contributed by atoms with van der Waals surface area (Å²) in [5.41, 5.74) is 0. The van der Waals surface area contributed by atoms with Crippen LogP contribution in [-0.2, 0) is 4.74 Å². The number of carbonyl (C=O) groups is 1. The second-order valence-electron chi connectivity index (χ2n) is 6.12. The molecule has 0 bridgehead atoms. The van der Waals surface area contributed by atoms with Crippen LogP contribution in [-0.4, -0.2) is 17.4 Å². The number of unbranched alkanes of at least 4 members (excludes halogenated alkanes) is 10. The van der Waals surface area contributed by atoms with Crippen LogP contribution < -0.4 is 0 Å². The zero-order valence-corrected chi connectivity index (χ0v) is 14.2. The van der Waals surface area contributed by atoms with Gasteiger partial charge in [0.1, 0.15) is 6.10 Å². The van der Waals surface area contributed by atoms with Gasteiger partial charge in [-0.05, 0) is 25.7 Å². The van der Waals surface area contributed by atoms with E-state index in [0.29, 0.717) is 0 Å². The maximum absolute atomic E-state index is 10.7. The molecule has 0 saturated carbocycles. The Morgan fingerprint density at radius 1 is 0.762 bits per heavy atom. The van der Waals surface area contributed by atoms with E-state index in [-0.39, 0.29) is 6.10 Å². The van der Waals surface area contributed by atoms with Gasteiger partial charge in [-0.25, -0.2) is 4.79 Å². The predicted octanol–water partition coefficient (Wildman–Crippen LogP) is 6.55. The molecule has 0 fully saturated rings. The predicted molar refractivity (Wildman–Crippen MR) is 88.9 cm³/mol. The zero-order valence-electron chi connectivity index (χ0n) is 14.2. The third-order valence-electron chi connectivity index (χ3n) is 4.03. The molecule has 126 valence electrons. The van der Waals surface area contributed by atoms with E-state index in [1.54, 1.807) is 0 Å². The Hall–Kier alpha value is -0.730. The van der Waals surface area contributed by atoms with E-state index < -0.39 is 6.16 Å². The normalized spacial score (nSPS) is 11.0. The van der Waals surface area contributed by atoms with E-state index >= 15 is 0 Å². The molecule has 0 aliphatic carbocycles. The van der Waals surface area contributed by atoms with Gasteiger partial charge < -0.3 is 9.84 Å². The Morgan fingerprint density at radius 3 is 1.52 bits per heavy atom. The van der Waals surface area contributed by atoms with Crippen LogP contribution in [0.2, 0.25) is 0 Å². The maximum atomic E-state index is 10.7. The van der Waals surface area contributed by atoms with E-state index in [9.17, 15) is 4.79 Å². The Bertz CT molecular complexity index is 213. The quantitative estimate of drug-likeness (QED) is 0.275. The molecule has 3 heteroatoms. The third-order valence-corrected chi connectivity index (χ3v) is 4.03. The van der Waals surface area contributed by atoms with Crippen molar-refractivity contribution in [3.63, 3.8) is 0 Å². The smallest absolute Gasteiger partial charge is 0.450 e. The lowest BCUT2D eigenvalue weighted by Crippen LogP contribution is -2.16. The minimum Gasteiger partial charge on any atom is -0.450 e. The highest BCUT2D eigenvalue weighted by Gasteiger charge is 2.12. The molecular weight excluding hydrogens is 264 g/mol. The van der Waals surface area contributed by atoms with Gasteiger partial charge in [-0.2, -0.15) is 0 Å². The molecule has 0 unspecified atom stereocenters. The average Bonchev–Trinajstić information content (AvgIpc) is 2.45. The van der Waals surface area contributed by atoms with Crippen LogP contribution in [0.3, 0.4) is 0 Å². The van der Waals surface area contributed by atoms with Crippen molar-refractivity contribution in [3.8, 4) is 0 Å². The fourth-order valence-corrected chi connectivity index (χ4v) is 2.71. The van der Waals surface area contributed by atoms with Gasteiger partial charge in [-0.3, -0.25) is 0 Å². The first-order chi connectivity index (χ1) is 10.2. The number of hydrogen-bond donors (Lipinski definition) is 1. The minimum atomic E-state index is -1.11. The summed E-state index contributed by atoms with van der Waals surface area (Å²) in [5, 5.41) is 8.81. The molecule has 0 heterocycles. The maximum Gasteiger partial charge on any atom is 0.506 e. The van der Waals surface area contributed by atoms with Crippen molar-refractivity contribution in [2.75, 3.05) is 0 Å². The molecule has 0 aromatic heterocycles. The van der Waals surface area contributed by atoms with Gasteiger partial charge >= 0.3 is 6.16 Å². The van der Waals surface area contributed by atoms with Gasteiger partial charge in [0, 0.05) is 0 Å². The van der Waals surface area contributed by atoms with Crippen LogP contribution >= 0.6 is 0 Å².